The molecule has 1 aromatic rings. The van der Waals surface area contributed by atoms with E-state index in [1.807, 2.05) is 12.1 Å². The van der Waals surface area contributed by atoms with Gasteiger partial charge in [0, 0.05) is 44.9 Å². The standard InChI is InChI=1S/C11H14F2N2/c12-11(13)3-6-15(7-4-11)9-10-2-1-5-14-8-10/h1-2,5,8H,3-4,6-7,9H2. The van der Waals surface area contributed by atoms with Gasteiger partial charge in [0.15, 0.2) is 0 Å². The van der Waals surface area contributed by atoms with Gasteiger partial charge in [0.1, 0.15) is 0 Å². The second-order valence-electron chi connectivity index (χ2n) is 3.99. The summed E-state index contributed by atoms with van der Waals surface area (Å²) in [7, 11) is 0. The first-order valence-electron chi connectivity index (χ1n) is 5.15. The van der Waals surface area contributed by atoms with Gasteiger partial charge in [0.25, 0.3) is 5.92 Å². The van der Waals surface area contributed by atoms with Gasteiger partial charge in [-0.1, -0.05) is 6.07 Å². The summed E-state index contributed by atoms with van der Waals surface area (Å²) in [5.74, 6) is -2.45. The van der Waals surface area contributed by atoms with Crippen LogP contribution in [0.25, 0.3) is 0 Å². The Morgan fingerprint density at radius 3 is 2.67 bits per heavy atom. The Morgan fingerprint density at radius 2 is 2.07 bits per heavy atom. The van der Waals surface area contributed by atoms with Crippen LogP contribution >= 0.6 is 0 Å². The minimum Gasteiger partial charge on any atom is -0.299 e. The van der Waals surface area contributed by atoms with Crippen LogP contribution in [0.3, 0.4) is 0 Å². The molecule has 0 amide bonds. The molecule has 0 radical (unpaired) electrons. The summed E-state index contributed by atoms with van der Waals surface area (Å²) in [4.78, 5) is 6.05. The van der Waals surface area contributed by atoms with Gasteiger partial charge in [-0.3, -0.25) is 9.88 Å². The van der Waals surface area contributed by atoms with Gasteiger partial charge in [-0.2, -0.15) is 0 Å². The molecule has 2 heterocycles. The number of hydrogen-bond donors (Lipinski definition) is 0. The lowest BCUT2D eigenvalue weighted by molar-refractivity contribution is -0.0566. The maximum Gasteiger partial charge on any atom is 0.250 e. The SMILES string of the molecule is FC1(F)CCN(Cc2cccnc2)CC1. The summed E-state index contributed by atoms with van der Waals surface area (Å²) >= 11 is 0. The van der Waals surface area contributed by atoms with E-state index in [9.17, 15) is 8.78 Å². The molecule has 1 aliphatic rings. The van der Waals surface area contributed by atoms with Gasteiger partial charge in [0.2, 0.25) is 0 Å². The molecule has 0 spiro atoms. The molecule has 1 saturated heterocycles. The van der Waals surface area contributed by atoms with Crippen molar-refractivity contribution in [3.8, 4) is 0 Å². The Hall–Kier alpha value is -1.03. The number of aromatic nitrogens is 1. The second kappa shape index (κ2) is 4.23. The number of likely N-dealkylation sites (tertiary alicyclic amines) is 1. The number of nitrogens with zero attached hydrogens (tertiary/aromatic N) is 2. The number of hydrogen-bond acceptors (Lipinski definition) is 2. The Kier molecular flexibility index (Phi) is 2.95. The van der Waals surface area contributed by atoms with Crippen molar-refractivity contribution in [2.24, 2.45) is 0 Å². The third-order valence-electron chi connectivity index (χ3n) is 2.72. The minimum absolute atomic E-state index is 0.0206. The van der Waals surface area contributed by atoms with Gasteiger partial charge in [-0.15, -0.1) is 0 Å². The number of alkyl halides is 2. The van der Waals surface area contributed by atoms with Gasteiger partial charge >= 0.3 is 0 Å². The Morgan fingerprint density at radius 1 is 1.33 bits per heavy atom. The summed E-state index contributed by atoms with van der Waals surface area (Å²) in [6, 6.07) is 3.84. The summed E-state index contributed by atoms with van der Waals surface area (Å²) in [5.41, 5.74) is 1.09. The Bertz CT molecular complexity index is 304. The topological polar surface area (TPSA) is 16.1 Å². The molecule has 0 aromatic carbocycles. The van der Waals surface area contributed by atoms with E-state index < -0.39 is 5.92 Å². The number of halogens is 2. The molecule has 2 rings (SSSR count). The fraction of sp³-hybridized carbons (Fsp3) is 0.545. The van der Waals surface area contributed by atoms with Crippen LogP contribution in [0.5, 0.6) is 0 Å². The summed E-state index contributed by atoms with van der Waals surface area (Å²) < 4.78 is 25.8. The molecule has 0 unspecified atom stereocenters. The fourth-order valence-corrected chi connectivity index (χ4v) is 1.79. The fourth-order valence-electron chi connectivity index (χ4n) is 1.79. The van der Waals surface area contributed by atoms with Gasteiger partial charge in [0.05, 0.1) is 0 Å². The Labute approximate surface area is 87.9 Å². The number of rotatable bonds is 2. The van der Waals surface area contributed by atoms with Crippen LogP contribution in [0, 0.1) is 0 Å². The van der Waals surface area contributed by atoms with Gasteiger partial charge < -0.3 is 0 Å². The first-order chi connectivity index (χ1) is 7.16. The molecule has 4 heteroatoms. The van der Waals surface area contributed by atoms with Gasteiger partial charge in [-0.05, 0) is 11.6 Å². The van der Waals surface area contributed by atoms with Crippen LogP contribution in [0.4, 0.5) is 8.78 Å². The number of piperidine rings is 1. The average molecular weight is 212 g/mol. The first-order valence-corrected chi connectivity index (χ1v) is 5.15. The Balaban J connectivity index is 1.88. The van der Waals surface area contributed by atoms with E-state index in [4.69, 9.17) is 0 Å². The minimum atomic E-state index is -2.45. The van der Waals surface area contributed by atoms with E-state index in [2.05, 4.69) is 9.88 Å². The molecule has 15 heavy (non-hydrogen) atoms. The van der Waals surface area contributed by atoms with Crippen molar-refractivity contribution in [2.45, 2.75) is 25.3 Å². The van der Waals surface area contributed by atoms with E-state index in [1.54, 1.807) is 12.4 Å². The predicted molar refractivity (Wildman–Crippen MR) is 53.7 cm³/mol. The smallest absolute Gasteiger partial charge is 0.250 e. The van der Waals surface area contributed by atoms with Crippen LogP contribution in [-0.4, -0.2) is 28.9 Å². The zero-order valence-electron chi connectivity index (χ0n) is 8.50. The van der Waals surface area contributed by atoms with Crippen molar-refractivity contribution >= 4 is 0 Å². The maximum atomic E-state index is 12.9. The first kappa shape index (κ1) is 10.5. The van der Waals surface area contributed by atoms with Crippen molar-refractivity contribution in [3.63, 3.8) is 0 Å². The third kappa shape index (κ3) is 2.96. The quantitative estimate of drug-likeness (QED) is 0.747. The summed E-state index contributed by atoms with van der Waals surface area (Å²) in [6.07, 6.45) is 3.46. The molecular formula is C11H14F2N2. The average Bonchev–Trinajstić information content (AvgIpc) is 2.23. The van der Waals surface area contributed by atoms with Crippen LogP contribution in [0.1, 0.15) is 18.4 Å². The van der Waals surface area contributed by atoms with Gasteiger partial charge in [-0.25, -0.2) is 8.78 Å². The lowest BCUT2D eigenvalue weighted by atomic mass is 10.1. The monoisotopic (exact) mass is 212 g/mol. The number of pyridine rings is 1. The normalized spacial score (nSPS) is 21.5. The van der Waals surface area contributed by atoms with E-state index in [1.165, 1.54) is 0 Å². The lowest BCUT2D eigenvalue weighted by Gasteiger charge is -2.31. The van der Waals surface area contributed by atoms with Crippen molar-refractivity contribution in [3.05, 3.63) is 30.1 Å². The lowest BCUT2D eigenvalue weighted by Crippen LogP contribution is -2.38. The highest BCUT2D eigenvalue weighted by Crippen LogP contribution is 2.28. The van der Waals surface area contributed by atoms with Crippen molar-refractivity contribution in [2.75, 3.05) is 13.1 Å². The zero-order valence-corrected chi connectivity index (χ0v) is 8.50. The predicted octanol–water partition coefficient (Wildman–Crippen LogP) is 2.31. The highest BCUT2D eigenvalue weighted by Gasteiger charge is 2.33. The van der Waals surface area contributed by atoms with E-state index in [0.29, 0.717) is 13.1 Å². The molecule has 1 fully saturated rings. The third-order valence-corrected chi connectivity index (χ3v) is 2.72. The maximum absolute atomic E-state index is 12.9. The molecule has 82 valence electrons. The molecule has 0 aliphatic carbocycles. The molecular weight excluding hydrogens is 198 g/mol. The molecule has 0 saturated carbocycles. The van der Waals surface area contributed by atoms with E-state index in [0.717, 1.165) is 12.1 Å². The van der Waals surface area contributed by atoms with Crippen LogP contribution in [-0.2, 0) is 6.54 Å². The highest BCUT2D eigenvalue weighted by molar-refractivity contribution is 5.08. The molecule has 2 nitrogen and oxygen atoms in total. The molecule has 0 N–H and O–H groups in total. The van der Waals surface area contributed by atoms with Crippen molar-refractivity contribution in [1.29, 1.82) is 0 Å². The van der Waals surface area contributed by atoms with Crippen LogP contribution < -0.4 is 0 Å². The molecule has 0 bridgehead atoms. The summed E-state index contributed by atoms with van der Waals surface area (Å²) in [6.45, 7) is 1.67. The highest BCUT2D eigenvalue weighted by atomic mass is 19.3. The van der Waals surface area contributed by atoms with Crippen molar-refractivity contribution in [1.82, 2.24) is 9.88 Å². The largest absolute Gasteiger partial charge is 0.299 e. The van der Waals surface area contributed by atoms with Crippen LogP contribution in [0.2, 0.25) is 0 Å². The summed E-state index contributed by atoms with van der Waals surface area (Å²) in [5, 5.41) is 0. The zero-order chi connectivity index (χ0) is 10.7. The van der Waals surface area contributed by atoms with Crippen molar-refractivity contribution < 1.29 is 8.78 Å². The van der Waals surface area contributed by atoms with E-state index >= 15 is 0 Å². The second-order valence-corrected chi connectivity index (χ2v) is 3.99. The van der Waals surface area contributed by atoms with Crippen LogP contribution in [0.15, 0.2) is 24.5 Å². The van der Waals surface area contributed by atoms with E-state index in [-0.39, 0.29) is 12.8 Å². The molecule has 1 aromatic heterocycles. The molecule has 1 aliphatic heterocycles. The molecule has 0 atom stereocenters.